The van der Waals surface area contributed by atoms with Gasteiger partial charge in [0.15, 0.2) is 0 Å². The zero-order chi connectivity index (χ0) is 14.3. The van der Waals surface area contributed by atoms with E-state index in [9.17, 15) is 8.42 Å². The highest BCUT2D eigenvalue weighted by atomic mass is 35.5. The van der Waals surface area contributed by atoms with Crippen LogP contribution in [0.2, 0.25) is 10.0 Å². The Morgan fingerprint density at radius 2 is 2.00 bits per heavy atom. The number of halogens is 2. The molecule has 2 fully saturated rings. The van der Waals surface area contributed by atoms with Crippen LogP contribution in [0.5, 0.6) is 0 Å². The Morgan fingerprint density at radius 1 is 1.20 bits per heavy atom. The fourth-order valence-electron chi connectivity index (χ4n) is 3.60. The van der Waals surface area contributed by atoms with Gasteiger partial charge in [-0.2, -0.15) is 0 Å². The maximum absolute atomic E-state index is 12.3. The predicted octanol–water partition coefficient (Wildman–Crippen LogP) is 3.71. The molecule has 3 unspecified atom stereocenters. The van der Waals surface area contributed by atoms with E-state index in [1.165, 1.54) is 31.4 Å². The Morgan fingerprint density at radius 3 is 2.65 bits per heavy atom. The molecule has 0 radical (unpaired) electrons. The summed E-state index contributed by atoms with van der Waals surface area (Å²) >= 11 is 11.8. The molecule has 1 N–H and O–H groups in total. The van der Waals surface area contributed by atoms with E-state index in [1.54, 1.807) is 6.07 Å². The van der Waals surface area contributed by atoms with Crippen molar-refractivity contribution in [1.82, 2.24) is 4.72 Å². The van der Waals surface area contributed by atoms with Crippen LogP contribution in [0.3, 0.4) is 0 Å². The topological polar surface area (TPSA) is 46.2 Å². The second-order valence-corrected chi connectivity index (χ2v) is 8.44. The smallest absolute Gasteiger partial charge is 0.211 e. The molecule has 2 aliphatic carbocycles. The first-order valence-electron chi connectivity index (χ1n) is 6.90. The first kappa shape index (κ1) is 14.6. The summed E-state index contributed by atoms with van der Waals surface area (Å²) in [5.41, 5.74) is 0. The van der Waals surface area contributed by atoms with Crippen LogP contribution in [0.15, 0.2) is 23.1 Å². The molecule has 0 amide bonds. The van der Waals surface area contributed by atoms with Crippen molar-refractivity contribution in [3.05, 3.63) is 28.2 Å². The molecule has 0 saturated heterocycles. The van der Waals surface area contributed by atoms with Gasteiger partial charge in [-0.1, -0.05) is 29.6 Å². The van der Waals surface area contributed by atoms with Gasteiger partial charge >= 0.3 is 0 Å². The van der Waals surface area contributed by atoms with Crippen LogP contribution < -0.4 is 4.72 Å². The van der Waals surface area contributed by atoms with Gasteiger partial charge in [0, 0.05) is 11.6 Å². The predicted molar refractivity (Wildman–Crippen MR) is 80.6 cm³/mol. The number of benzene rings is 1. The third kappa shape index (κ3) is 2.84. The van der Waals surface area contributed by atoms with Gasteiger partial charge < -0.3 is 0 Å². The van der Waals surface area contributed by atoms with Gasteiger partial charge in [0.05, 0.1) is 5.02 Å². The minimum absolute atomic E-state index is 0.0647. The molecule has 1 aromatic rings. The van der Waals surface area contributed by atoms with Crippen molar-refractivity contribution in [2.45, 2.75) is 30.6 Å². The minimum Gasteiger partial charge on any atom is -0.211 e. The summed E-state index contributed by atoms with van der Waals surface area (Å²) in [5, 5.41) is 0.574. The van der Waals surface area contributed by atoms with E-state index in [-0.39, 0.29) is 9.92 Å². The summed E-state index contributed by atoms with van der Waals surface area (Å²) < 4.78 is 27.3. The Kier molecular flexibility index (Phi) is 4.01. The van der Waals surface area contributed by atoms with Crippen LogP contribution in [0.4, 0.5) is 0 Å². The van der Waals surface area contributed by atoms with Crippen molar-refractivity contribution >= 4 is 33.2 Å². The van der Waals surface area contributed by atoms with E-state index in [4.69, 9.17) is 23.2 Å². The summed E-state index contributed by atoms with van der Waals surface area (Å²) in [6, 6.07) is 4.49. The van der Waals surface area contributed by atoms with Gasteiger partial charge in [-0.25, -0.2) is 13.1 Å². The first-order valence-corrected chi connectivity index (χ1v) is 9.14. The van der Waals surface area contributed by atoms with Crippen molar-refractivity contribution < 1.29 is 8.42 Å². The number of hydrogen-bond acceptors (Lipinski definition) is 2. The molecule has 2 saturated carbocycles. The zero-order valence-corrected chi connectivity index (χ0v) is 13.3. The highest BCUT2D eigenvalue weighted by Crippen LogP contribution is 2.48. The number of rotatable bonds is 4. The second kappa shape index (κ2) is 5.48. The first-order chi connectivity index (χ1) is 9.45. The lowest BCUT2D eigenvalue weighted by Gasteiger charge is -2.21. The van der Waals surface area contributed by atoms with Gasteiger partial charge in [-0.3, -0.25) is 0 Å². The van der Waals surface area contributed by atoms with Gasteiger partial charge in [-0.15, -0.1) is 0 Å². The van der Waals surface area contributed by atoms with Crippen LogP contribution in [0, 0.1) is 17.8 Å². The number of fused-ring (bicyclic) bond motifs is 2. The van der Waals surface area contributed by atoms with Crippen LogP contribution in [0.25, 0.3) is 0 Å². The van der Waals surface area contributed by atoms with E-state index >= 15 is 0 Å². The summed E-state index contributed by atoms with van der Waals surface area (Å²) in [4.78, 5) is 0.0647. The molecule has 0 spiro atoms. The largest absolute Gasteiger partial charge is 0.242 e. The molecule has 0 aromatic heterocycles. The Balaban J connectivity index is 1.71. The van der Waals surface area contributed by atoms with E-state index in [2.05, 4.69) is 4.72 Å². The fourth-order valence-corrected chi connectivity index (χ4v) is 5.46. The molecule has 20 heavy (non-hydrogen) atoms. The minimum atomic E-state index is -3.58. The normalized spacial score (nSPS) is 29.0. The molecule has 3 rings (SSSR count). The maximum atomic E-state index is 12.3. The average Bonchev–Trinajstić information content (AvgIpc) is 3.01. The standard InChI is InChI=1S/C14H17Cl2NO2S/c15-12-3-4-13(16)14(7-12)20(18,19)17-8-11-6-9-1-2-10(11)5-9/h3-4,7,9-11,17H,1-2,5-6,8H2. The van der Waals surface area contributed by atoms with E-state index in [1.807, 2.05) is 0 Å². The Bertz CT molecular complexity index is 618. The molecule has 0 heterocycles. The Hall–Kier alpha value is -0.290. The van der Waals surface area contributed by atoms with Crippen LogP contribution in [-0.4, -0.2) is 15.0 Å². The highest BCUT2D eigenvalue weighted by Gasteiger charge is 2.39. The summed E-state index contributed by atoms with van der Waals surface area (Å²) in [5.74, 6) is 1.98. The summed E-state index contributed by atoms with van der Waals surface area (Å²) in [7, 11) is -3.58. The SMILES string of the molecule is O=S(=O)(NCC1CC2CCC1C2)c1cc(Cl)ccc1Cl. The lowest BCUT2D eigenvalue weighted by atomic mass is 9.89. The molecule has 1 aromatic carbocycles. The third-order valence-electron chi connectivity index (χ3n) is 4.60. The van der Waals surface area contributed by atoms with E-state index < -0.39 is 10.0 Å². The van der Waals surface area contributed by atoms with Crippen LogP contribution in [0.1, 0.15) is 25.7 Å². The summed E-state index contributed by atoms with van der Waals surface area (Å²) in [6.07, 6.45) is 4.98. The lowest BCUT2D eigenvalue weighted by molar-refractivity contribution is 0.333. The molecular formula is C14H17Cl2NO2S. The molecule has 6 heteroatoms. The average molecular weight is 334 g/mol. The molecule has 2 aliphatic rings. The van der Waals surface area contributed by atoms with Crippen LogP contribution >= 0.6 is 23.2 Å². The van der Waals surface area contributed by atoms with Crippen molar-refractivity contribution in [1.29, 1.82) is 0 Å². The highest BCUT2D eigenvalue weighted by molar-refractivity contribution is 7.89. The maximum Gasteiger partial charge on any atom is 0.242 e. The number of nitrogens with one attached hydrogen (secondary N) is 1. The molecule has 3 atom stereocenters. The molecule has 110 valence electrons. The van der Waals surface area contributed by atoms with Gasteiger partial charge in [0.1, 0.15) is 4.90 Å². The van der Waals surface area contributed by atoms with Gasteiger partial charge in [0.25, 0.3) is 0 Å². The van der Waals surface area contributed by atoms with E-state index in [0.29, 0.717) is 23.4 Å². The molecule has 2 bridgehead atoms. The van der Waals surface area contributed by atoms with E-state index in [0.717, 1.165) is 12.3 Å². The molecular weight excluding hydrogens is 317 g/mol. The van der Waals surface area contributed by atoms with Crippen molar-refractivity contribution in [2.75, 3.05) is 6.54 Å². The monoisotopic (exact) mass is 333 g/mol. The van der Waals surface area contributed by atoms with Gasteiger partial charge in [0.2, 0.25) is 10.0 Å². The molecule has 3 nitrogen and oxygen atoms in total. The van der Waals surface area contributed by atoms with Gasteiger partial charge in [-0.05, 0) is 55.2 Å². The quantitative estimate of drug-likeness (QED) is 0.912. The zero-order valence-electron chi connectivity index (χ0n) is 11.0. The summed E-state index contributed by atoms with van der Waals surface area (Å²) in [6.45, 7) is 0.506. The fraction of sp³-hybridized carbons (Fsp3) is 0.571. The number of sulfonamides is 1. The lowest BCUT2D eigenvalue weighted by Crippen LogP contribution is -2.31. The second-order valence-electron chi connectivity index (χ2n) is 5.86. The third-order valence-corrected chi connectivity index (χ3v) is 6.74. The van der Waals surface area contributed by atoms with Crippen molar-refractivity contribution in [3.8, 4) is 0 Å². The van der Waals surface area contributed by atoms with Crippen LogP contribution in [-0.2, 0) is 10.0 Å². The molecule has 0 aliphatic heterocycles. The number of hydrogen-bond donors (Lipinski definition) is 1. The Labute approximate surface area is 129 Å². The van der Waals surface area contributed by atoms with Crippen molar-refractivity contribution in [3.63, 3.8) is 0 Å². The van der Waals surface area contributed by atoms with Crippen molar-refractivity contribution in [2.24, 2.45) is 17.8 Å².